The second-order valence-corrected chi connectivity index (χ2v) is 8.90. The maximum atomic E-state index is 6.27. The first kappa shape index (κ1) is 16.5. The van der Waals surface area contributed by atoms with Gasteiger partial charge < -0.3 is 5.32 Å². The number of hydrogen-bond acceptors (Lipinski definition) is 5. The fraction of sp³-hybridized carbons (Fsp3) is 0.389. The first-order chi connectivity index (χ1) is 11.9. The lowest BCUT2D eigenvalue weighted by molar-refractivity contribution is 0.604. The smallest absolute Gasteiger partial charge is 0.171 e. The minimum atomic E-state index is 0.116. The molecule has 5 nitrogen and oxygen atoms in total. The Labute approximate surface area is 155 Å². The molecule has 0 unspecified atom stereocenters. The molecule has 0 atom stereocenters. The molecule has 130 valence electrons. The van der Waals surface area contributed by atoms with E-state index in [0.717, 1.165) is 10.7 Å². The molecule has 25 heavy (non-hydrogen) atoms. The highest BCUT2D eigenvalue weighted by atomic mass is 35.5. The molecule has 7 heteroatoms. The second kappa shape index (κ2) is 6.11. The molecule has 1 fully saturated rings. The van der Waals surface area contributed by atoms with Crippen LogP contribution in [0.4, 0.5) is 11.6 Å². The number of nitrogens with one attached hydrogen (secondary N) is 2. The highest BCUT2D eigenvalue weighted by Crippen LogP contribution is 2.40. The van der Waals surface area contributed by atoms with E-state index in [1.165, 1.54) is 23.4 Å². The summed E-state index contributed by atoms with van der Waals surface area (Å²) >= 11 is 7.98. The zero-order chi connectivity index (χ0) is 17.6. The Morgan fingerprint density at radius 2 is 2.08 bits per heavy atom. The van der Waals surface area contributed by atoms with Crippen molar-refractivity contribution >= 4 is 34.6 Å². The Kier molecular flexibility index (Phi) is 4.04. The van der Waals surface area contributed by atoms with Crippen LogP contribution in [-0.4, -0.2) is 20.2 Å². The fourth-order valence-electron chi connectivity index (χ4n) is 2.56. The number of thiophene rings is 1. The van der Waals surface area contributed by atoms with E-state index >= 15 is 0 Å². The minimum absolute atomic E-state index is 0.116. The highest BCUT2D eigenvalue weighted by Gasteiger charge is 2.25. The molecule has 1 saturated carbocycles. The molecule has 0 saturated heterocycles. The second-order valence-electron chi connectivity index (χ2n) is 7.41. The fourth-order valence-corrected chi connectivity index (χ4v) is 3.70. The summed E-state index contributed by atoms with van der Waals surface area (Å²) < 4.78 is 0. The number of H-pyrrole nitrogens is 1. The summed E-state index contributed by atoms with van der Waals surface area (Å²) in [6.45, 7) is 6.61. The van der Waals surface area contributed by atoms with E-state index in [4.69, 9.17) is 11.6 Å². The Balaban J connectivity index is 1.60. The summed E-state index contributed by atoms with van der Waals surface area (Å²) in [5.41, 5.74) is 1.28. The molecule has 3 heterocycles. The summed E-state index contributed by atoms with van der Waals surface area (Å²) in [6.07, 6.45) is 4.10. The Morgan fingerprint density at radius 3 is 2.76 bits per heavy atom. The van der Waals surface area contributed by atoms with Gasteiger partial charge in [-0.05, 0) is 30.4 Å². The Morgan fingerprint density at radius 1 is 1.28 bits per heavy atom. The number of anilines is 2. The molecule has 0 bridgehead atoms. The van der Waals surface area contributed by atoms with Crippen molar-refractivity contribution in [3.05, 3.63) is 40.0 Å². The third-order valence-electron chi connectivity index (χ3n) is 4.17. The van der Waals surface area contributed by atoms with Crippen LogP contribution < -0.4 is 5.32 Å². The highest BCUT2D eigenvalue weighted by molar-refractivity contribution is 7.15. The Hall–Kier alpha value is -1.92. The summed E-state index contributed by atoms with van der Waals surface area (Å²) in [6, 6.07) is 6.23. The van der Waals surface area contributed by atoms with Gasteiger partial charge in [-0.25, -0.2) is 9.97 Å². The third-order valence-corrected chi connectivity index (χ3v) is 5.95. The number of aromatic amines is 1. The lowest BCUT2D eigenvalue weighted by Gasteiger charge is -2.15. The minimum Gasteiger partial charge on any atom is -0.322 e. The zero-order valence-corrected chi connectivity index (χ0v) is 16.0. The van der Waals surface area contributed by atoms with Crippen molar-refractivity contribution in [3.8, 4) is 10.7 Å². The van der Waals surface area contributed by atoms with Gasteiger partial charge in [0, 0.05) is 22.6 Å². The molecule has 1 aliphatic rings. The Bertz CT molecular complexity index is 904. The van der Waals surface area contributed by atoms with Crippen molar-refractivity contribution in [2.24, 2.45) is 0 Å². The van der Waals surface area contributed by atoms with Gasteiger partial charge in [0.1, 0.15) is 5.02 Å². The van der Waals surface area contributed by atoms with Crippen LogP contribution in [-0.2, 0) is 5.41 Å². The molecule has 0 spiro atoms. The molecule has 0 aliphatic heterocycles. The summed E-state index contributed by atoms with van der Waals surface area (Å²) in [4.78, 5) is 11.3. The van der Waals surface area contributed by atoms with Gasteiger partial charge in [-0.3, -0.25) is 5.10 Å². The van der Waals surface area contributed by atoms with E-state index in [0.29, 0.717) is 22.6 Å². The van der Waals surface area contributed by atoms with E-state index in [1.807, 2.05) is 6.07 Å². The largest absolute Gasteiger partial charge is 0.322 e. The number of halogens is 1. The van der Waals surface area contributed by atoms with Crippen molar-refractivity contribution in [2.45, 2.75) is 44.9 Å². The molecule has 3 aromatic rings. The maximum absolute atomic E-state index is 6.27. The van der Waals surface area contributed by atoms with Crippen molar-refractivity contribution in [1.29, 1.82) is 0 Å². The first-order valence-corrected chi connectivity index (χ1v) is 9.55. The number of nitrogens with zero attached hydrogens (tertiary/aromatic N) is 3. The van der Waals surface area contributed by atoms with E-state index in [2.05, 4.69) is 58.4 Å². The lowest BCUT2D eigenvalue weighted by Crippen LogP contribution is -2.07. The standard InChI is InChI=1S/C18H20ClN5S/c1-18(2,3)14-7-6-13(25-14)17-20-9-11(19)16(22-17)21-15-8-12(23-24-15)10-4-5-10/h6-10H,4-5H2,1-3H3,(H2,20,21,22,23,24). The predicted molar refractivity (Wildman–Crippen MR) is 103 cm³/mol. The average Bonchev–Trinajstić information content (AvgIpc) is 3.09. The molecule has 0 aromatic carbocycles. The van der Waals surface area contributed by atoms with Crippen LogP contribution in [0.15, 0.2) is 24.4 Å². The van der Waals surface area contributed by atoms with Gasteiger partial charge in [0.05, 0.1) is 11.1 Å². The molecular formula is C18H20ClN5S. The summed E-state index contributed by atoms with van der Waals surface area (Å²) in [7, 11) is 0. The van der Waals surface area contributed by atoms with Gasteiger partial charge in [-0.15, -0.1) is 11.3 Å². The summed E-state index contributed by atoms with van der Waals surface area (Å²) in [5.74, 6) is 2.60. The van der Waals surface area contributed by atoms with Gasteiger partial charge in [0.2, 0.25) is 0 Å². The monoisotopic (exact) mass is 373 g/mol. The molecule has 0 amide bonds. The normalized spacial score (nSPS) is 14.7. The predicted octanol–water partition coefficient (Wildman–Crippen LogP) is 5.50. The number of rotatable bonds is 4. The summed E-state index contributed by atoms with van der Waals surface area (Å²) in [5, 5.41) is 11.1. The van der Waals surface area contributed by atoms with Crippen molar-refractivity contribution in [3.63, 3.8) is 0 Å². The lowest BCUT2D eigenvalue weighted by atomic mass is 9.95. The van der Waals surface area contributed by atoms with Gasteiger partial charge in [-0.2, -0.15) is 5.10 Å². The van der Waals surface area contributed by atoms with Crippen LogP contribution >= 0.6 is 22.9 Å². The van der Waals surface area contributed by atoms with E-state index in [9.17, 15) is 0 Å². The maximum Gasteiger partial charge on any atom is 0.171 e. The quantitative estimate of drug-likeness (QED) is 0.633. The number of hydrogen-bond donors (Lipinski definition) is 2. The van der Waals surface area contributed by atoms with Crippen molar-refractivity contribution < 1.29 is 0 Å². The van der Waals surface area contributed by atoms with Crippen LogP contribution in [0.2, 0.25) is 5.02 Å². The topological polar surface area (TPSA) is 66.5 Å². The molecule has 4 rings (SSSR count). The average molecular weight is 374 g/mol. The molecule has 0 radical (unpaired) electrons. The van der Waals surface area contributed by atoms with E-state index in [-0.39, 0.29) is 5.41 Å². The molecule has 3 aromatic heterocycles. The van der Waals surface area contributed by atoms with Crippen LogP contribution in [0, 0.1) is 0 Å². The third kappa shape index (κ3) is 3.55. The van der Waals surface area contributed by atoms with Crippen molar-refractivity contribution in [1.82, 2.24) is 20.2 Å². The molecule has 1 aliphatic carbocycles. The van der Waals surface area contributed by atoms with Gasteiger partial charge in [0.25, 0.3) is 0 Å². The van der Waals surface area contributed by atoms with Gasteiger partial charge >= 0.3 is 0 Å². The molecule has 2 N–H and O–H groups in total. The van der Waals surface area contributed by atoms with E-state index in [1.54, 1.807) is 17.5 Å². The van der Waals surface area contributed by atoms with Crippen LogP contribution in [0.3, 0.4) is 0 Å². The first-order valence-electron chi connectivity index (χ1n) is 8.36. The van der Waals surface area contributed by atoms with Crippen LogP contribution in [0.5, 0.6) is 0 Å². The van der Waals surface area contributed by atoms with Crippen LogP contribution in [0.1, 0.15) is 50.1 Å². The molecular weight excluding hydrogens is 354 g/mol. The van der Waals surface area contributed by atoms with Gasteiger partial charge in [0.15, 0.2) is 17.5 Å². The zero-order valence-electron chi connectivity index (χ0n) is 14.4. The number of aromatic nitrogens is 4. The van der Waals surface area contributed by atoms with E-state index < -0.39 is 0 Å². The van der Waals surface area contributed by atoms with Crippen LogP contribution in [0.25, 0.3) is 10.7 Å². The van der Waals surface area contributed by atoms with Crippen molar-refractivity contribution in [2.75, 3.05) is 5.32 Å². The SMILES string of the molecule is CC(C)(C)c1ccc(-c2ncc(Cl)c(Nc3cc(C4CC4)[nH]n3)n2)s1. The van der Waals surface area contributed by atoms with Gasteiger partial charge in [-0.1, -0.05) is 32.4 Å².